The molecular weight excluding hydrogens is 252 g/mol. The maximum atomic E-state index is 6.02. The molecule has 3 rings (SSSR count). The fourth-order valence-corrected chi connectivity index (χ4v) is 3.80. The van der Waals surface area contributed by atoms with Gasteiger partial charge in [0.05, 0.1) is 6.04 Å². The van der Waals surface area contributed by atoms with Crippen LogP contribution in [0.4, 0.5) is 0 Å². The highest BCUT2D eigenvalue weighted by atomic mass is 32.1. The topological polar surface area (TPSA) is 29.3 Å². The molecular formula is C16H20N2S. The summed E-state index contributed by atoms with van der Waals surface area (Å²) in [5, 5.41) is 2.14. The predicted molar refractivity (Wildman–Crippen MR) is 81.5 cm³/mol. The summed E-state index contributed by atoms with van der Waals surface area (Å²) in [5.41, 5.74) is 9.03. The Morgan fingerprint density at radius 3 is 2.26 bits per heavy atom. The Bertz CT molecular complexity index is 494. The SMILES string of the molecule is NCC(c1cccs1)N1CCc2ccccc2CC1. The minimum atomic E-state index is 0.384. The molecule has 3 heteroatoms. The van der Waals surface area contributed by atoms with E-state index in [4.69, 9.17) is 5.73 Å². The molecule has 2 heterocycles. The lowest BCUT2D eigenvalue weighted by Crippen LogP contribution is -2.35. The van der Waals surface area contributed by atoms with E-state index in [2.05, 4.69) is 46.7 Å². The fraction of sp³-hybridized carbons (Fsp3) is 0.375. The van der Waals surface area contributed by atoms with E-state index in [9.17, 15) is 0 Å². The highest BCUT2D eigenvalue weighted by Crippen LogP contribution is 2.26. The monoisotopic (exact) mass is 272 g/mol. The Morgan fingerprint density at radius 2 is 1.74 bits per heavy atom. The second kappa shape index (κ2) is 5.87. The molecule has 0 saturated heterocycles. The predicted octanol–water partition coefficient (Wildman–Crippen LogP) is 2.85. The van der Waals surface area contributed by atoms with Crippen molar-refractivity contribution in [2.45, 2.75) is 18.9 Å². The van der Waals surface area contributed by atoms with Gasteiger partial charge in [-0.05, 0) is 35.4 Å². The van der Waals surface area contributed by atoms with Gasteiger partial charge in [0, 0.05) is 24.5 Å². The number of hydrogen-bond donors (Lipinski definition) is 1. The third kappa shape index (κ3) is 2.73. The van der Waals surface area contributed by atoms with Crippen LogP contribution in [0.15, 0.2) is 41.8 Å². The van der Waals surface area contributed by atoms with E-state index in [0.717, 1.165) is 25.9 Å². The van der Waals surface area contributed by atoms with Gasteiger partial charge in [0.25, 0.3) is 0 Å². The molecule has 1 atom stereocenters. The van der Waals surface area contributed by atoms with Crippen LogP contribution in [-0.2, 0) is 12.8 Å². The molecule has 0 spiro atoms. The van der Waals surface area contributed by atoms with Crippen molar-refractivity contribution in [3.05, 3.63) is 57.8 Å². The number of fused-ring (bicyclic) bond motifs is 1. The van der Waals surface area contributed by atoms with E-state index in [1.165, 1.54) is 16.0 Å². The van der Waals surface area contributed by atoms with Crippen LogP contribution in [0.2, 0.25) is 0 Å². The van der Waals surface area contributed by atoms with Gasteiger partial charge in [0.2, 0.25) is 0 Å². The highest BCUT2D eigenvalue weighted by molar-refractivity contribution is 7.10. The Hall–Kier alpha value is -1.16. The van der Waals surface area contributed by atoms with Gasteiger partial charge in [-0.15, -0.1) is 11.3 Å². The van der Waals surface area contributed by atoms with E-state index < -0.39 is 0 Å². The lowest BCUT2D eigenvalue weighted by atomic mass is 10.0. The molecule has 0 amide bonds. The molecule has 2 nitrogen and oxygen atoms in total. The van der Waals surface area contributed by atoms with Crippen LogP contribution in [0.3, 0.4) is 0 Å². The first-order chi connectivity index (χ1) is 9.38. The van der Waals surface area contributed by atoms with Crippen LogP contribution in [0.1, 0.15) is 22.0 Å². The second-order valence-corrected chi connectivity index (χ2v) is 6.05. The number of nitrogens with zero attached hydrogens (tertiary/aromatic N) is 1. The van der Waals surface area contributed by atoms with Crippen LogP contribution < -0.4 is 5.73 Å². The van der Waals surface area contributed by atoms with E-state index >= 15 is 0 Å². The van der Waals surface area contributed by atoms with Gasteiger partial charge < -0.3 is 5.73 Å². The molecule has 1 aliphatic heterocycles. The van der Waals surface area contributed by atoms with Gasteiger partial charge in [-0.2, -0.15) is 0 Å². The summed E-state index contributed by atoms with van der Waals surface area (Å²) in [7, 11) is 0. The first kappa shape index (κ1) is 12.9. The molecule has 0 aliphatic carbocycles. The molecule has 100 valence electrons. The minimum Gasteiger partial charge on any atom is -0.329 e. The lowest BCUT2D eigenvalue weighted by Gasteiger charge is -2.28. The van der Waals surface area contributed by atoms with E-state index in [-0.39, 0.29) is 0 Å². The lowest BCUT2D eigenvalue weighted by molar-refractivity contribution is 0.214. The van der Waals surface area contributed by atoms with Crippen LogP contribution in [0.25, 0.3) is 0 Å². The molecule has 19 heavy (non-hydrogen) atoms. The van der Waals surface area contributed by atoms with Crippen LogP contribution in [0, 0.1) is 0 Å². The molecule has 2 N–H and O–H groups in total. The van der Waals surface area contributed by atoms with Crippen molar-refractivity contribution in [3.63, 3.8) is 0 Å². The molecule has 0 bridgehead atoms. The van der Waals surface area contributed by atoms with Crippen molar-refractivity contribution >= 4 is 11.3 Å². The summed E-state index contributed by atoms with van der Waals surface area (Å²) in [6, 6.07) is 13.5. The smallest absolute Gasteiger partial charge is 0.0564 e. The number of benzene rings is 1. The molecule has 0 fully saturated rings. The first-order valence-corrected chi connectivity index (χ1v) is 7.81. The highest BCUT2D eigenvalue weighted by Gasteiger charge is 2.22. The quantitative estimate of drug-likeness (QED) is 0.931. The first-order valence-electron chi connectivity index (χ1n) is 6.93. The summed E-state index contributed by atoms with van der Waals surface area (Å²) in [5.74, 6) is 0. The maximum Gasteiger partial charge on any atom is 0.0564 e. The zero-order valence-corrected chi connectivity index (χ0v) is 11.9. The molecule has 1 aliphatic rings. The van der Waals surface area contributed by atoms with Crippen molar-refractivity contribution in [3.8, 4) is 0 Å². The molecule has 1 unspecified atom stereocenters. The second-order valence-electron chi connectivity index (χ2n) is 5.07. The summed E-state index contributed by atoms with van der Waals surface area (Å²) in [6.07, 6.45) is 2.27. The van der Waals surface area contributed by atoms with Gasteiger partial charge in [-0.25, -0.2) is 0 Å². The Labute approximate surface area is 118 Å². The van der Waals surface area contributed by atoms with Crippen molar-refractivity contribution in [2.24, 2.45) is 5.73 Å². The fourth-order valence-electron chi connectivity index (χ4n) is 2.92. The van der Waals surface area contributed by atoms with Crippen LogP contribution >= 0.6 is 11.3 Å². The average Bonchev–Trinajstić information content (AvgIpc) is 2.88. The molecule has 1 aromatic carbocycles. The van der Waals surface area contributed by atoms with Gasteiger partial charge in [-0.3, -0.25) is 4.90 Å². The number of nitrogens with two attached hydrogens (primary N) is 1. The summed E-state index contributed by atoms with van der Waals surface area (Å²) < 4.78 is 0. The van der Waals surface area contributed by atoms with Crippen molar-refractivity contribution < 1.29 is 0 Å². The number of rotatable bonds is 3. The van der Waals surface area contributed by atoms with Crippen LogP contribution in [-0.4, -0.2) is 24.5 Å². The third-order valence-corrected chi connectivity index (χ3v) is 4.96. The summed E-state index contributed by atoms with van der Waals surface area (Å²) >= 11 is 1.82. The number of thiophene rings is 1. The van der Waals surface area contributed by atoms with E-state index in [0.29, 0.717) is 12.6 Å². The van der Waals surface area contributed by atoms with Crippen molar-refractivity contribution in [1.29, 1.82) is 0 Å². The molecule has 0 radical (unpaired) electrons. The average molecular weight is 272 g/mol. The van der Waals surface area contributed by atoms with Gasteiger partial charge in [0.1, 0.15) is 0 Å². The van der Waals surface area contributed by atoms with Crippen molar-refractivity contribution in [1.82, 2.24) is 4.90 Å². The normalized spacial score (nSPS) is 17.7. The van der Waals surface area contributed by atoms with Gasteiger partial charge in [-0.1, -0.05) is 30.3 Å². The van der Waals surface area contributed by atoms with Gasteiger partial charge in [0.15, 0.2) is 0 Å². The molecule has 2 aromatic rings. The maximum absolute atomic E-state index is 6.02. The van der Waals surface area contributed by atoms with E-state index in [1.807, 2.05) is 11.3 Å². The summed E-state index contributed by atoms with van der Waals surface area (Å²) in [4.78, 5) is 3.94. The minimum absolute atomic E-state index is 0.384. The van der Waals surface area contributed by atoms with E-state index in [1.54, 1.807) is 0 Å². The van der Waals surface area contributed by atoms with Crippen LogP contribution in [0.5, 0.6) is 0 Å². The Morgan fingerprint density at radius 1 is 1.05 bits per heavy atom. The zero-order chi connectivity index (χ0) is 13.1. The van der Waals surface area contributed by atoms with Gasteiger partial charge >= 0.3 is 0 Å². The Balaban J connectivity index is 1.77. The molecule has 1 aromatic heterocycles. The summed E-state index contributed by atoms with van der Waals surface area (Å²) in [6.45, 7) is 2.92. The zero-order valence-electron chi connectivity index (χ0n) is 11.1. The molecule has 0 saturated carbocycles. The standard InChI is InChI=1S/C16H20N2S/c17-12-15(16-6-3-11-19-16)18-9-7-13-4-1-2-5-14(13)8-10-18/h1-6,11,15H,7-10,12,17H2. The number of hydrogen-bond acceptors (Lipinski definition) is 3. The van der Waals surface area contributed by atoms with Crippen molar-refractivity contribution in [2.75, 3.05) is 19.6 Å². The third-order valence-electron chi connectivity index (χ3n) is 3.99. The Kier molecular flexibility index (Phi) is 3.97. The largest absolute Gasteiger partial charge is 0.329 e.